The van der Waals surface area contributed by atoms with Crippen molar-refractivity contribution < 1.29 is 13.5 Å². The molecule has 0 aliphatic carbocycles. The van der Waals surface area contributed by atoms with E-state index in [1.54, 1.807) is 14.0 Å². The lowest BCUT2D eigenvalue weighted by atomic mass is 10.3. The molecule has 0 saturated heterocycles. The average molecular weight is 310 g/mol. The summed E-state index contributed by atoms with van der Waals surface area (Å²) in [5, 5.41) is 13.1. The number of rotatable bonds is 7. The Labute approximate surface area is 119 Å². The van der Waals surface area contributed by atoms with Crippen molar-refractivity contribution in [1.82, 2.24) is 14.1 Å². The van der Waals surface area contributed by atoms with Crippen LogP contribution in [0, 0.1) is 6.92 Å². The first kappa shape index (κ1) is 16.4. The molecule has 110 valence electrons. The van der Waals surface area contributed by atoms with Gasteiger partial charge in [-0.05, 0) is 13.3 Å². The summed E-state index contributed by atoms with van der Waals surface area (Å²) in [6, 6.07) is 0. The molecular weight excluding hydrogens is 290 g/mol. The molecule has 0 amide bonds. The number of hydrogen-bond donors (Lipinski definition) is 1. The number of sulfonamides is 1. The van der Waals surface area contributed by atoms with Gasteiger partial charge in [-0.25, -0.2) is 8.42 Å². The van der Waals surface area contributed by atoms with Gasteiger partial charge in [0.2, 0.25) is 10.0 Å². The Morgan fingerprint density at radius 2 is 2.05 bits per heavy atom. The second kappa shape index (κ2) is 6.69. The van der Waals surface area contributed by atoms with Crippen LogP contribution >= 0.6 is 11.6 Å². The van der Waals surface area contributed by atoms with E-state index in [2.05, 4.69) is 5.10 Å². The van der Waals surface area contributed by atoms with Gasteiger partial charge in [0.05, 0.1) is 12.3 Å². The molecular formula is C11H20ClN3O3S. The van der Waals surface area contributed by atoms with Crippen LogP contribution in [0.2, 0.25) is 5.15 Å². The predicted molar refractivity (Wildman–Crippen MR) is 73.7 cm³/mol. The summed E-state index contributed by atoms with van der Waals surface area (Å²) in [5.41, 5.74) is 0.368. The van der Waals surface area contributed by atoms with E-state index >= 15 is 0 Å². The van der Waals surface area contributed by atoms with Gasteiger partial charge in [0.15, 0.2) is 0 Å². The highest BCUT2D eigenvalue weighted by molar-refractivity contribution is 7.89. The van der Waals surface area contributed by atoms with Gasteiger partial charge >= 0.3 is 0 Å². The molecule has 0 fully saturated rings. The monoisotopic (exact) mass is 309 g/mol. The Morgan fingerprint density at radius 1 is 1.42 bits per heavy atom. The number of aliphatic hydroxyl groups excluding tert-OH is 1. The van der Waals surface area contributed by atoms with E-state index in [1.165, 1.54) is 8.99 Å². The Kier molecular flexibility index (Phi) is 5.79. The van der Waals surface area contributed by atoms with Gasteiger partial charge in [0, 0.05) is 20.1 Å². The van der Waals surface area contributed by atoms with Gasteiger partial charge in [0.1, 0.15) is 10.0 Å². The molecule has 0 unspecified atom stereocenters. The van der Waals surface area contributed by atoms with Crippen molar-refractivity contribution in [2.24, 2.45) is 7.05 Å². The summed E-state index contributed by atoms with van der Waals surface area (Å²) in [7, 11) is -2.12. The minimum atomic E-state index is -3.72. The fourth-order valence-electron chi connectivity index (χ4n) is 1.83. The molecule has 8 heteroatoms. The van der Waals surface area contributed by atoms with Crippen molar-refractivity contribution in [1.29, 1.82) is 0 Å². The zero-order chi connectivity index (χ0) is 14.6. The van der Waals surface area contributed by atoms with E-state index in [9.17, 15) is 8.42 Å². The molecule has 0 aliphatic heterocycles. The van der Waals surface area contributed by atoms with Crippen molar-refractivity contribution in [3.8, 4) is 0 Å². The third kappa shape index (κ3) is 3.47. The van der Waals surface area contributed by atoms with E-state index < -0.39 is 10.0 Å². The molecule has 0 radical (unpaired) electrons. The third-order valence-electron chi connectivity index (χ3n) is 2.81. The van der Waals surface area contributed by atoms with Crippen LogP contribution in [0.4, 0.5) is 0 Å². The fraction of sp³-hybridized carbons (Fsp3) is 0.727. The van der Waals surface area contributed by atoms with Crippen LogP contribution in [0.15, 0.2) is 4.90 Å². The topological polar surface area (TPSA) is 75.4 Å². The van der Waals surface area contributed by atoms with Crippen LogP contribution < -0.4 is 0 Å². The van der Waals surface area contributed by atoms with Crippen LogP contribution in [0.3, 0.4) is 0 Å². The molecule has 1 rings (SSSR count). The van der Waals surface area contributed by atoms with Crippen molar-refractivity contribution >= 4 is 21.6 Å². The summed E-state index contributed by atoms with van der Waals surface area (Å²) >= 11 is 6.01. The van der Waals surface area contributed by atoms with Gasteiger partial charge in [-0.3, -0.25) is 4.68 Å². The summed E-state index contributed by atoms with van der Waals surface area (Å²) in [6.45, 7) is 3.79. The Hall–Kier alpha value is -0.630. The Bertz CT molecular complexity index is 528. The maximum Gasteiger partial charge on any atom is 0.248 e. The second-order valence-corrected chi connectivity index (χ2v) is 6.54. The fourth-order valence-corrected chi connectivity index (χ4v) is 4.01. The van der Waals surface area contributed by atoms with E-state index in [1.807, 2.05) is 6.92 Å². The van der Waals surface area contributed by atoms with E-state index in [0.29, 0.717) is 12.2 Å². The molecule has 1 aromatic rings. The predicted octanol–water partition coefficient (Wildman–Crippen LogP) is 1.17. The lowest BCUT2D eigenvalue weighted by Gasteiger charge is -2.20. The minimum Gasteiger partial charge on any atom is -0.395 e. The maximum absolute atomic E-state index is 12.6. The van der Waals surface area contributed by atoms with Crippen LogP contribution in [0.1, 0.15) is 25.5 Å². The summed E-state index contributed by atoms with van der Waals surface area (Å²) < 4.78 is 27.7. The van der Waals surface area contributed by atoms with Crippen LogP contribution in [-0.2, 0) is 17.1 Å². The standard InChI is InChI=1S/C11H20ClN3O3S/c1-4-5-6-15(7-8-16)19(17,18)10-9(2)13-14(3)11(10)12/h16H,4-8H2,1-3H3. The number of aromatic nitrogens is 2. The highest BCUT2D eigenvalue weighted by atomic mass is 35.5. The van der Waals surface area contributed by atoms with E-state index in [0.717, 1.165) is 12.8 Å². The third-order valence-corrected chi connectivity index (χ3v) is 5.40. The number of hydrogen-bond acceptors (Lipinski definition) is 4. The minimum absolute atomic E-state index is 0.0289. The van der Waals surface area contributed by atoms with Gasteiger partial charge in [-0.1, -0.05) is 24.9 Å². The number of unbranched alkanes of at least 4 members (excludes halogenated alkanes) is 1. The lowest BCUT2D eigenvalue weighted by molar-refractivity contribution is 0.252. The molecule has 19 heavy (non-hydrogen) atoms. The summed E-state index contributed by atoms with van der Waals surface area (Å²) in [6.07, 6.45) is 1.60. The molecule has 0 aromatic carbocycles. The highest BCUT2D eigenvalue weighted by Gasteiger charge is 2.30. The largest absolute Gasteiger partial charge is 0.395 e. The molecule has 1 aromatic heterocycles. The summed E-state index contributed by atoms with van der Waals surface area (Å²) in [5.74, 6) is 0. The molecule has 0 bridgehead atoms. The van der Waals surface area contributed by atoms with Gasteiger partial charge in [-0.2, -0.15) is 9.40 Å². The number of aryl methyl sites for hydroxylation is 2. The molecule has 0 spiro atoms. The molecule has 1 N–H and O–H groups in total. The van der Waals surface area contributed by atoms with Crippen molar-refractivity contribution in [3.63, 3.8) is 0 Å². The lowest BCUT2D eigenvalue weighted by Crippen LogP contribution is -2.34. The SMILES string of the molecule is CCCCN(CCO)S(=O)(=O)c1c(C)nn(C)c1Cl. The van der Waals surface area contributed by atoms with Crippen molar-refractivity contribution in [3.05, 3.63) is 10.8 Å². The van der Waals surface area contributed by atoms with E-state index in [-0.39, 0.29) is 23.2 Å². The van der Waals surface area contributed by atoms with Gasteiger partial charge in [0.25, 0.3) is 0 Å². The zero-order valence-corrected chi connectivity index (χ0v) is 13.0. The number of nitrogens with zero attached hydrogens (tertiary/aromatic N) is 3. The van der Waals surface area contributed by atoms with Crippen LogP contribution in [-0.4, -0.2) is 47.3 Å². The normalized spacial score (nSPS) is 12.3. The smallest absolute Gasteiger partial charge is 0.248 e. The van der Waals surface area contributed by atoms with Crippen molar-refractivity contribution in [2.45, 2.75) is 31.6 Å². The average Bonchev–Trinajstić information content (AvgIpc) is 2.58. The molecule has 0 atom stereocenters. The maximum atomic E-state index is 12.6. The summed E-state index contributed by atoms with van der Waals surface area (Å²) in [4.78, 5) is 0.0289. The molecule has 6 nitrogen and oxygen atoms in total. The second-order valence-electron chi connectivity index (χ2n) is 4.31. The van der Waals surface area contributed by atoms with Gasteiger partial charge < -0.3 is 5.11 Å². The zero-order valence-electron chi connectivity index (χ0n) is 11.4. The number of halogens is 1. The number of aliphatic hydroxyl groups is 1. The Balaban J connectivity index is 3.18. The first-order chi connectivity index (χ1) is 8.86. The highest BCUT2D eigenvalue weighted by Crippen LogP contribution is 2.27. The first-order valence-corrected chi connectivity index (χ1v) is 7.98. The molecule has 0 saturated carbocycles. The first-order valence-electron chi connectivity index (χ1n) is 6.16. The quantitative estimate of drug-likeness (QED) is 0.820. The molecule has 0 aliphatic rings. The Morgan fingerprint density at radius 3 is 2.47 bits per heavy atom. The van der Waals surface area contributed by atoms with Crippen LogP contribution in [0.25, 0.3) is 0 Å². The van der Waals surface area contributed by atoms with Gasteiger partial charge in [-0.15, -0.1) is 0 Å². The van der Waals surface area contributed by atoms with Crippen LogP contribution in [0.5, 0.6) is 0 Å². The molecule has 1 heterocycles. The van der Waals surface area contributed by atoms with Crippen molar-refractivity contribution in [2.75, 3.05) is 19.7 Å². The van der Waals surface area contributed by atoms with E-state index in [4.69, 9.17) is 16.7 Å².